The molecule has 112 valence electrons. The molecule has 1 amide bonds. The molecule has 0 aliphatic heterocycles. The van der Waals surface area contributed by atoms with E-state index in [0.29, 0.717) is 12.1 Å². The van der Waals surface area contributed by atoms with Gasteiger partial charge in [-0.1, -0.05) is 20.8 Å². The van der Waals surface area contributed by atoms with Crippen molar-refractivity contribution in [1.29, 1.82) is 0 Å². The van der Waals surface area contributed by atoms with E-state index in [2.05, 4.69) is 31.2 Å². The summed E-state index contributed by atoms with van der Waals surface area (Å²) in [5, 5.41) is 7.89. The minimum absolute atomic E-state index is 0.00804. The molecule has 0 aliphatic carbocycles. The maximum Gasteiger partial charge on any atom is 0.248 e. The molecule has 2 rings (SSSR count). The molecule has 21 heavy (non-hydrogen) atoms. The van der Waals surface area contributed by atoms with E-state index in [1.807, 2.05) is 30.1 Å². The first kappa shape index (κ1) is 15.1. The zero-order valence-electron chi connectivity index (χ0n) is 13.0. The smallest absolute Gasteiger partial charge is 0.248 e. The van der Waals surface area contributed by atoms with Crippen LogP contribution in [0.1, 0.15) is 42.4 Å². The second-order valence-corrected chi connectivity index (χ2v) is 6.22. The molecular formula is C16H22N4O. The number of aryl methyl sites for hydroxylation is 1. The monoisotopic (exact) mass is 286 g/mol. The van der Waals surface area contributed by atoms with Gasteiger partial charge < -0.3 is 11.1 Å². The first-order chi connectivity index (χ1) is 9.77. The van der Waals surface area contributed by atoms with Crippen molar-refractivity contribution in [3.8, 4) is 0 Å². The lowest BCUT2D eigenvalue weighted by atomic mass is 9.89. The van der Waals surface area contributed by atoms with Gasteiger partial charge in [-0.25, -0.2) is 0 Å². The highest BCUT2D eigenvalue weighted by molar-refractivity contribution is 5.93. The zero-order chi connectivity index (χ0) is 15.6. The van der Waals surface area contributed by atoms with Crippen molar-refractivity contribution in [2.75, 3.05) is 5.32 Å². The van der Waals surface area contributed by atoms with E-state index in [9.17, 15) is 4.79 Å². The van der Waals surface area contributed by atoms with Crippen molar-refractivity contribution in [3.63, 3.8) is 0 Å². The fourth-order valence-electron chi connectivity index (χ4n) is 2.25. The summed E-state index contributed by atoms with van der Waals surface area (Å²) in [6.07, 6.45) is 2.03. The van der Waals surface area contributed by atoms with Crippen molar-refractivity contribution < 1.29 is 4.79 Å². The number of hydrogen-bond acceptors (Lipinski definition) is 3. The summed E-state index contributed by atoms with van der Waals surface area (Å²) in [6.45, 7) is 7.15. The molecule has 0 saturated carbocycles. The number of hydrogen-bond donors (Lipinski definition) is 2. The number of anilines is 1. The lowest BCUT2D eigenvalue weighted by Gasteiger charge is -2.18. The number of benzene rings is 1. The first-order valence-corrected chi connectivity index (χ1v) is 6.94. The van der Waals surface area contributed by atoms with E-state index < -0.39 is 5.91 Å². The highest BCUT2D eigenvalue weighted by Crippen LogP contribution is 2.24. The Kier molecular flexibility index (Phi) is 4.02. The molecule has 1 aromatic heterocycles. The normalized spacial score (nSPS) is 11.4. The highest BCUT2D eigenvalue weighted by Gasteiger charge is 2.21. The summed E-state index contributed by atoms with van der Waals surface area (Å²) in [6, 6.07) is 7.15. The molecule has 0 aliphatic rings. The second kappa shape index (κ2) is 5.60. The van der Waals surface area contributed by atoms with Crippen LogP contribution < -0.4 is 11.1 Å². The minimum Gasteiger partial charge on any atom is -0.381 e. The first-order valence-electron chi connectivity index (χ1n) is 6.94. The lowest BCUT2D eigenvalue weighted by Crippen LogP contribution is -2.16. The van der Waals surface area contributed by atoms with Crippen LogP contribution in [0.25, 0.3) is 0 Å². The van der Waals surface area contributed by atoms with Crippen LogP contribution in [-0.2, 0) is 19.0 Å². The van der Waals surface area contributed by atoms with Gasteiger partial charge in [-0.15, -0.1) is 0 Å². The van der Waals surface area contributed by atoms with Gasteiger partial charge in [0.15, 0.2) is 0 Å². The van der Waals surface area contributed by atoms with Crippen LogP contribution in [0, 0.1) is 0 Å². The fraction of sp³-hybridized carbons (Fsp3) is 0.375. The molecule has 2 aromatic rings. The van der Waals surface area contributed by atoms with E-state index in [0.717, 1.165) is 11.4 Å². The molecule has 0 radical (unpaired) electrons. The largest absolute Gasteiger partial charge is 0.381 e. The van der Waals surface area contributed by atoms with Crippen molar-refractivity contribution in [2.24, 2.45) is 12.8 Å². The number of carbonyl (C=O) groups is 1. The SMILES string of the molecule is Cn1cc(CNc2ccc(C(N)=O)cc2)c(C(C)(C)C)n1. The maximum absolute atomic E-state index is 11.0. The van der Waals surface area contributed by atoms with Gasteiger partial charge in [0.1, 0.15) is 0 Å². The van der Waals surface area contributed by atoms with Crippen molar-refractivity contribution >= 4 is 11.6 Å². The average molecular weight is 286 g/mol. The topological polar surface area (TPSA) is 72.9 Å². The Morgan fingerprint density at radius 3 is 2.43 bits per heavy atom. The molecule has 1 heterocycles. The summed E-state index contributed by atoms with van der Waals surface area (Å²) >= 11 is 0. The number of rotatable bonds is 4. The van der Waals surface area contributed by atoms with E-state index >= 15 is 0 Å². The third-order valence-electron chi connectivity index (χ3n) is 3.27. The van der Waals surface area contributed by atoms with Gasteiger partial charge in [0.05, 0.1) is 5.69 Å². The van der Waals surface area contributed by atoms with Crippen LogP contribution >= 0.6 is 0 Å². The molecule has 3 N–H and O–H groups in total. The Labute approximate surface area is 125 Å². The quantitative estimate of drug-likeness (QED) is 0.906. The van der Waals surface area contributed by atoms with Gasteiger partial charge in [-0.3, -0.25) is 9.48 Å². The Morgan fingerprint density at radius 1 is 1.29 bits per heavy atom. The summed E-state index contributed by atoms with van der Waals surface area (Å²) in [4.78, 5) is 11.0. The van der Waals surface area contributed by atoms with Gasteiger partial charge >= 0.3 is 0 Å². The molecule has 5 nitrogen and oxygen atoms in total. The van der Waals surface area contributed by atoms with Crippen LogP contribution in [-0.4, -0.2) is 15.7 Å². The molecule has 1 aromatic carbocycles. The molecule has 0 bridgehead atoms. The zero-order valence-corrected chi connectivity index (χ0v) is 13.0. The predicted octanol–water partition coefficient (Wildman–Crippen LogP) is 2.43. The van der Waals surface area contributed by atoms with Gasteiger partial charge in [-0.2, -0.15) is 5.10 Å². The number of carbonyl (C=O) groups excluding carboxylic acids is 1. The Bertz CT molecular complexity index is 635. The average Bonchev–Trinajstić information content (AvgIpc) is 2.78. The Hall–Kier alpha value is -2.30. The number of primary amides is 1. The predicted molar refractivity (Wildman–Crippen MR) is 84.2 cm³/mol. The second-order valence-electron chi connectivity index (χ2n) is 6.22. The molecule has 0 saturated heterocycles. The lowest BCUT2D eigenvalue weighted by molar-refractivity contribution is 0.100. The number of nitrogens with zero attached hydrogens (tertiary/aromatic N) is 2. The molecule has 0 atom stereocenters. The van der Waals surface area contributed by atoms with E-state index in [4.69, 9.17) is 5.73 Å². The maximum atomic E-state index is 11.0. The summed E-state index contributed by atoms with van der Waals surface area (Å²) in [7, 11) is 1.93. The molecular weight excluding hydrogens is 264 g/mol. The molecule has 0 fully saturated rings. The summed E-state index contributed by atoms with van der Waals surface area (Å²) in [5.41, 5.74) is 8.96. The third-order valence-corrected chi connectivity index (χ3v) is 3.27. The highest BCUT2D eigenvalue weighted by atomic mass is 16.1. The Morgan fingerprint density at radius 2 is 1.90 bits per heavy atom. The standard InChI is InChI=1S/C16H22N4O/c1-16(2,3)14-12(10-20(4)19-14)9-18-13-7-5-11(6-8-13)15(17)21/h5-8,10,18H,9H2,1-4H3,(H2,17,21). The number of aromatic nitrogens is 2. The van der Waals surface area contributed by atoms with Gasteiger partial charge in [0.25, 0.3) is 0 Å². The number of amides is 1. The minimum atomic E-state index is -0.413. The number of nitrogens with two attached hydrogens (primary N) is 1. The van der Waals surface area contributed by atoms with E-state index in [1.165, 1.54) is 5.56 Å². The van der Waals surface area contributed by atoms with Crippen LogP contribution in [0.3, 0.4) is 0 Å². The van der Waals surface area contributed by atoms with Crippen molar-refractivity contribution in [1.82, 2.24) is 9.78 Å². The van der Waals surface area contributed by atoms with Crippen molar-refractivity contribution in [3.05, 3.63) is 47.3 Å². The molecule has 5 heteroatoms. The van der Waals surface area contributed by atoms with Gasteiger partial charge in [0, 0.05) is 42.0 Å². The molecule has 0 unspecified atom stereocenters. The van der Waals surface area contributed by atoms with Crippen molar-refractivity contribution in [2.45, 2.75) is 32.7 Å². The van der Waals surface area contributed by atoms with Crippen LogP contribution in [0.5, 0.6) is 0 Å². The third kappa shape index (κ3) is 3.62. The van der Waals surface area contributed by atoms with E-state index in [1.54, 1.807) is 12.1 Å². The van der Waals surface area contributed by atoms with Crippen LogP contribution in [0.4, 0.5) is 5.69 Å². The van der Waals surface area contributed by atoms with Crippen LogP contribution in [0.2, 0.25) is 0 Å². The Balaban J connectivity index is 2.11. The molecule has 0 spiro atoms. The van der Waals surface area contributed by atoms with Gasteiger partial charge in [-0.05, 0) is 24.3 Å². The summed E-state index contributed by atoms with van der Waals surface area (Å²) in [5.74, 6) is -0.413. The van der Waals surface area contributed by atoms with Gasteiger partial charge in [0.2, 0.25) is 5.91 Å². The fourth-order valence-corrected chi connectivity index (χ4v) is 2.25. The summed E-state index contributed by atoms with van der Waals surface area (Å²) < 4.78 is 1.84. The van der Waals surface area contributed by atoms with E-state index in [-0.39, 0.29) is 5.41 Å². The number of nitrogens with one attached hydrogen (secondary N) is 1. The van der Waals surface area contributed by atoms with Crippen LogP contribution in [0.15, 0.2) is 30.5 Å².